The highest BCUT2D eigenvalue weighted by atomic mass is 32.2. The van der Waals surface area contributed by atoms with Crippen LogP contribution in [0.15, 0.2) is 0 Å². The van der Waals surface area contributed by atoms with Gasteiger partial charge < -0.3 is 5.32 Å². The van der Waals surface area contributed by atoms with E-state index in [1.165, 1.54) is 43.6 Å². The van der Waals surface area contributed by atoms with E-state index in [1.807, 2.05) is 0 Å². The Balaban J connectivity index is 1.75. The van der Waals surface area contributed by atoms with Gasteiger partial charge in [0.25, 0.3) is 0 Å². The number of hydrogen-bond acceptors (Lipinski definition) is 2. The summed E-state index contributed by atoms with van der Waals surface area (Å²) in [6.45, 7) is 2.39. The van der Waals surface area contributed by atoms with Gasteiger partial charge in [0.1, 0.15) is 0 Å². The average molecular weight is 199 g/mol. The standard InChI is InChI=1S/C11H21NS/c1-9-7-13-8-11(9)12-10-5-3-2-4-6-10/h9-12H,2-8H2,1H3. The zero-order chi connectivity index (χ0) is 9.10. The van der Waals surface area contributed by atoms with Gasteiger partial charge in [-0.05, 0) is 24.5 Å². The number of rotatable bonds is 2. The molecule has 1 aliphatic carbocycles. The molecule has 2 aliphatic rings. The fraction of sp³-hybridized carbons (Fsp3) is 1.00. The largest absolute Gasteiger partial charge is 0.310 e. The normalized spacial score (nSPS) is 36.7. The van der Waals surface area contributed by atoms with Gasteiger partial charge in [0.05, 0.1) is 0 Å². The minimum Gasteiger partial charge on any atom is -0.310 e. The summed E-state index contributed by atoms with van der Waals surface area (Å²) in [6.07, 6.45) is 7.22. The van der Waals surface area contributed by atoms with Crippen LogP contribution in [0.25, 0.3) is 0 Å². The topological polar surface area (TPSA) is 12.0 Å². The van der Waals surface area contributed by atoms with E-state index >= 15 is 0 Å². The second kappa shape index (κ2) is 4.70. The quantitative estimate of drug-likeness (QED) is 0.734. The van der Waals surface area contributed by atoms with Crippen LogP contribution in [0.1, 0.15) is 39.0 Å². The minimum absolute atomic E-state index is 0.813. The predicted molar refractivity (Wildman–Crippen MR) is 60.3 cm³/mol. The molecule has 0 aromatic carbocycles. The summed E-state index contributed by atoms with van der Waals surface area (Å²) in [5.74, 6) is 3.61. The van der Waals surface area contributed by atoms with Gasteiger partial charge in [0.2, 0.25) is 0 Å². The molecule has 0 aromatic heterocycles. The summed E-state index contributed by atoms with van der Waals surface area (Å²) >= 11 is 2.12. The molecule has 76 valence electrons. The van der Waals surface area contributed by atoms with Crippen LogP contribution < -0.4 is 5.32 Å². The second-order valence-electron chi connectivity index (χ2n) is 4.62. The Kier molecular flexibility index (Phi) is 3.56. The van der Waals surface area contributed by atoms with E-state index in [9.17, 15) is 0 Å². The maximum Gasteiger partial charge on any atom is 0.0194 e. The number of hydrogen-bond donors (Lipinski definition) is 1. The highest BCUT2D eigenvalue weighted by Crippen LogP contribution is 2.26. The van der Waals surface area contributed by atoms with Crippen LogP contribution in [0.3, 0.4) is 0 Å². The Morgan fingerprint density at radius 3 is 2.46 bits per heavy atom. The summed E-state index contributed by atoms with van der Waals surface area (Å²) in [7, 11) is 0. The van der Waals surface area contributed by atoms with Gasteiger partial charge in [0, 0.05) is 17.8 Å². The van der Waals surface area contributed by atoms with E-state index in [0.29, 0.717) is 0 Å². The van der Waals surface area contributed by atoms with Crippen LogP contribution in [0.4, 0.5) is 0 Å². The molecule has 2 heteroatoms. The fourth-order valence-corrected chi connectivity index (χ4v) is 3.86. The molecule has 1 saturated carbocycles. The number of nitrogens with one attached hydrogen (secondary N) is 1. The predicted octanol–water partition coefficient (Wildman–Crippen LogP) is 2.66. The second-order valence-corrected chi connectivity index (χ2v) is 5.70. The van der Waals surface area contributed by atoms with E-state index in [2.05, 4.69) is 24.0 Å². The first kappa shape index (κ1) is 9.85. The third kappa shape index (κ3) is 2.63. The van der Waals surface area contributed by atoms with E-state index in [1.54, 1.807) is 0 Å². The molecule has 2 rings (SSSR count). The lowest BCUT2D eigenvalue weighted by Gasteiger charge is -2.28. The molecular formula is C11H21NS. The molecule has 1 saturated heterocycles. The van der Waals surface area contributed by atoms with Crippen molar-refractivity contribution in [2.24, 2.45) is 5.92 Å². The van der Waals surface area contributed by atoms with E-state index in [4.69, 9.17) is 0 Å². The lowest BCUT2D eigenvalue weighted by molar-refractivity contribution is 0.320. The zero-order valence-electron chi connectivity index (χ0n) is 8.59. The van der Waals surface area contributed by atoms with Crippen molar-refractivity contribution >= 4 is 11.8 Å². The van der Waals surface area contributed by atoms with Crippen molar-refractivity contribution in [3.8, 4) is 0 Å². The zero-order valence-corrected chi connectivity index (χ0v) is 9.41. The van der Waals surface area contributed by atoms with Crippen molar-refractivity contribution in [3.63, 3.8) is 0 Å². The lowest BCUT2D eigenvalue weighted by Crippen LogP contribution is -2.42. The van der Waals surface area contributed by atoms with Crippen molar-refractivity contribution in [2.45, 2.75) is 51.1 Å². The Morgan fingerprint density at radius 2 is 1.85 bits per heavy atom. The van der Waals surface area contributed by atoms with Crippen molar-refractivity contribution in [1.29, 1.82) is 0 Å². The highest BCUT2D eigenvalue weighted by Gasteiger charge is 2.26. The van der Waals surface area contributed by atoms with Crippen LogP contribution in [0.5, 0.6) is 0 Å². The van der Waals surface area contributed by atoms with Crippen LogP contribution in [0.2, 0.25) is 0 Å². The van der Waals surface area contributed by atoms with Crippen LogP contribution in [-0.2, 0) is 0 Å². The highest BCUT2D eigenvalue weighted by molar-refractivity contribution is 7.99. The van der Waals surface area contributed by atoms with Crippen LogP contribution in [0, 0.1) is 5.92 Å². The van der Waals surface area contributed by atoms with Crippen molar-refractivity contribution < 1.29 is 0 Å². The first-order valence-corrected chi connectivity index (χ1v) is 6.85. The molecule has 0 bridgehead atoms. The molecule has 2 unspecified atom stereocenters. The monoisotopic (exact) mass is 199 g/mol. The van der Waals surface area contributed by atoms with Gasteiger partial charge in [-0.2, -0.15) is 11.8 Å². The molecule has 1 aliphatic heterocycles. The molecular weight excluding hydrogens is 178 g/mol. The molecule has 0 radical (unpaired) electrons. The molecule has 1 heterocycles. The van der Waals surface area contributed by atoms with E-state index in [-0.39, 0.29) is 0 Å². The Labute approximate surface area is 86.0 Å². The first-order chi connectivity index (χ1) is 6.36. The minimum atomic E-state index is 0.813. The van der Waals surface area contributed by atoms with E-state index < -0.39 is 0 Å². The van der Waals surface area contributed by atoms with Crippen LogP contribution in [-0.4, -0.2) is 23.6 Å². The van der Waals surface area contributed by atoms with Gasteiger partial charge in [-0.1, -0.05) is 26.2 Å². The van der Waals surface area contributed by atoms with E-state index in [0.717, 1.165) is 18.0 Å². The van der Waals surface area contributed by atoms with Gasteiger partial charge >= 0.3 is 0 Å². The smallest absolute Gasteiger partial charge is 0.0194 e. The van der Waals surface area contributed by atoms with Gasteiger partial charge in [-0.25, -0.2) is 0 Å². The SMILES string of the molecule is CC1CSCC1NC1CCCCC1. The molecule has 0 aromatic rings. The lowest BCUT2D eigenvalue weighted by atomic mass is 9.94. The van der Waals surface area contributed by atoms with Crippen LogP contribution >= 0.6 is 11.8 Å². The summed E-state index contributed by atoms with van der Waals surface area (Å²) in [5.41, 5.74) is 0. The summed E-state index contributed by atoms with van der Waals surface area (Å²) in [5, 5.41) is 3.85. The molecule has 2 fully saturated rings. The summed E-state index contributed by atoms with van der Waals surface area (Å²) < 4.78 is 0. The van der Waals surface area contributed by atoms with Crippen molar-refractivity contribution in [2.75, 3.05) is 11.5 Å². The molecule has 1 N–H and O–H groups in total. The van der Waals surface area contributed by atoms with Gasteiger partial charge in [0.15, 0.2) is 0 Å². The molecule has 0 spiro atoms. The summed E-state index contributed by atoms with van der Waals surface area (Å²) in [4.78, 5) is 0. The van der Waals surface area contributed by atoms with Gasteiger partial charge in [-0.15, -0.1) is 0 Å². The molecule has 13 heavy (non-hydrogen) atoms. The molecule has 0 amide bonds. The number of thioether (sulfide) groups is 1. The maximum absolute atomic E-state index is 3.85. The molecule has 2 atom stereocenters. The fourth-order valence-electron chi connectivity index (χ4n) is 2.45. The maximum atomic E-state index is 3.85. The van der Waals surface area contributed by atoms with Crippen molar-refractivity contribution in [1.82, 2.24) is 5.32 Å². The Morgan fingerprint density at radius 1 is 1.08 bits per heavy atom. The van der Waals surface area contributed by atoms with Crippen molar-refractivity contribution in [3.05, 3.63) is 0 Å². The third-order valence-corrected chi connectivity index (χ3v) is 4.78. The molecule has 1 nitrogen and oxygen atoms in total. The third-order valence-electron chi connectivity index (χ3n) is 3.42. The first-order valence-electron chi connectivity index (χ1n) is 5.70. The average Bonchev–Trinajstić information content (AvgIpc) is 2.54. The Bertz CT molecular complexity index is 154. The summed E-state index contributed by atoms with van der Waals surface area (Å²) in [6, 6.07) is 1.66. The van der Waals surface area contributed by atoms with Gasteiger partial charge in [-0.3, -0.25) is 0 Å². The Hall–Kier alpha value is 0.310.